The maximum Gasteiger partial charge on any atom is 0.165 e. The van der Waals surface area contributed by atoms with Crippen molar-refractivity contribution in [2.24, 2.45) is 5.92 Å². The number of hydrogen-bond acceptors (Lipinski definition) is 5. The summed E-state index contributed by atoms with van der Waals surface area (Å²) in [5.41, 5.74) is 3.28. The van der Waals surface area contributed by atoms with Gasteiger partial charge in [-0.25, -0.2) is 15.0 Å². The molecule has 0 amide bonds. The highest BCUT2D eigenvalue weighted by Crippen LogP contribution is 2.28. The van der Waals surface area contributed by atoms with Crippen LogP contribution in [0.5, 0.6) is 0 Å². The third-order valence-corrected chi connectivity index (χ3v) is 6.09. The number of benzene rings is 1. The predicted molar refractivity (Wildman–Crippen MR) is 109 cm³/mol. The first-order valence-corrected chi connectivity index (χ1v) is 10.4. The van der Waals surface area contributed by atoms with Crippen LogP contribution in [0, 0.1) is 5.92 Å². The van der Waals surface area contributed by atoms with E-state index in [1.54, 1.807) is 6.33 Å². The number of piperidine rings is 1. The molecule has 2 aliphatic rings. The van der Waals surface area contributed by atoms with E-state index >= 15 is 0 Å². The van der Waals surface area contributed by atoms with E-state index in [4.69, 9.17) is 4.74 Å². The van der Waals surface area contributed by atoms with Gasteiger partial charge in [0, 0.05) is 19.7 Å². The van der Waals surface area contributed by atoms with E-state index in [0.717, 1.165) is 62.0 Å². The van der Waals surface area contributed by atoms with Gasteiger partial charge in [-0.1, -0.05) is 30.3 Å². The number of fused-ring (bicyclic) bond motifs is 1. The standard InChI is InChI=1S/C22H27N5O/c1-2-5-17(6-3-1)13-18-8-10-26(11-9-18)21-20-22(24-15-23-21)27(16-25-20)14-19-7-4-12-28-19/h1-3,5-6,15-16,18-19H,4,7-14H2. The van der Waals surface area contributed by atoms with Crippen molar-refractivity contribution in [3.05, 3.63) is 48.5 Å². The van der Waals surface area contributed by atoms with Crippen molar-refractivity contribution in [2.45, 2.75) is 44.8 Å². The zero-order chi connectivity index (χ0) is 18.8. The van der Waals surface area contributed by atoms with Crippen LogP contribution >= 0.6 is 0 Å². The minimum Gasteiger partial charge on any atom is -0.376 e. The Kier molecular flexibility index (Phi) is 4.95. The second-order valence-electron chi connectivity index (χ2n) is 8.02. The Morgan fingerprint density at radius 1 is 1.00 bits per heavy atom. The molecule has 0 radical (unpaired) electrons. The summed E-state index contributed by atoms with van der Waals surface area (Å²) in [4.78, 5) is 16.2. The fraction of sp³-hybridized carbons (Fsp3) is 0.500. The fourth-order valence-corrected chi connectivity index (χ4v) is 4.54. The molecule has 28 heavy (non-hydrogen) atoms. The number of ether oxygens (including phenoxy) is 1. The van der Waals surface area contributed by atoms with Crippen molar-refractivity contribution in [1.82, 2.24) is 19.5 Å². The second-order valence-corrected chi connectivity index (χ2v) is 8.02. The van der Waals surface area contributed by atoms with E-state index < -0.39 is 0 Å². The van der Waals surface area contributed by atoms with Crippen LogP contribution in [0.1, 0.15) is 31.2 Å². The van der Waals surface area contributed by atoms with Crippen molar-refractivity contribution in [2.75, 3.05) is 24.6 Å². The maximum absolute atomic E-state index is 5.78. The highest BCUT2D eigenvalue weighted by atomic mass is 16.5. The minimum atomic E-state index is 0.282. The Balaban J connectivity index is 1.28. The molecular formula is C22H27N5O. The number of nitrogens with zero attached hydrogens (tertiary/aromatic N) is 5. The lowest BCUT2D eigenvalue weighted by atomic mass is 9.90. The molecule has 6 nitrogen and oxygen atoms in total. The lowest BCUT2D eigenvalue weighted by Gasteiger charge is -2.32. The maximum atomic E-state index is 5.78. The van der Waals surface area contributed by atoms with Crippen molar-refractivity contribution < 1.29 is 4.74 Å². The summed E-state index contributed by atoms with van der Waals surface area (Å²) in [6.45, 7) is 3.76. The molecule has 2 aliphatic heterocycles. The Hall–Kier alpha value is -2.47. The molecule has 1 aromatic carbocycles. The van der Waals surface area contributed by atoms with Crippen LogP contribution in [0.3, 0.4) is 0 Å². The third-order valence-electron chi connectivity index (χ3n) is 6.09. The highest BCUT2D eigenvalue weighted by Gasteiger charge is 2.24. The molecule has 0 saturated carbocycles. The van der Waals surface area contributed by atoms with E-state index in [9.17, 15) is 0 Å². The van der Waals surface area contributed by atoms with Gasteiger partial charge >= 0.3 is 0 Å². The second kappa shape index (κ2) is 7.87. The molecule has 146 valence electrons. The van der Waals surface area contributed by atoms with Gasteiger partial charge in [0.2, 0.25) is 0 Å². The molecule has 3 aromatic rings. The topological polar surface area (TPSA) is 56.1 Å². The minimum absolute atomic E-state index is 0.282. The number of anilines is 1. The van der Waals surface area contributed by atoms with Crippen LogP contribution in [0.15, 0.2) is 43.0 Å². The van der Waals surface area contributed by atoms with Gasteiger partial charge in [0.15, 0.2) is 17.0 Å². The first-order chi connectivity index (χ1) is 13.9. The normalized spacial score (nSPS) is 20.9. The Labute approximate surface area is 165 Å². The molecule has 0 aliphatic carbocycles. The van der Waals surface area contributed by atoms with Gasteiger partial charge in [0.1, 0.15) is 6.33 Å². The van der Waals surface area contributed by atoms with Crippen LogP contribution < -0.4 is 4.90 Å². The summed E-state index contributed by atoms with van der Waals surface area (Å²) in [7, 11) is 0. The molecule has 6 heteroatoms. The van der Waals surface area contributed by atoms with E-state index in [1.807, 2.05) is 6.33 Å². The van der Waals surface area contributed by atoms with Crippen LogP contribution in [0.2, 0.25) is 0 Å². The Morgan fingerprint density at radius 3 is 2.64 bits per heavy atom. The van der Waals surface area contributed by atoms with Crippen LogP contribution in [0.4, 0.5) is 5.82 Å². The SMILES string of the molecule is c1ccc(CC2CCN(c3ncnc4c3ncn4CC3CCCO3)CC2)cc1. The van der Waals surface area contributed by atoms with Crippen LogP contribution in [-0.4, -0.2) is 45.3 Å². The zero-order valence-electron chi connectivity index (χ0n) is 16.2. The van der Waals surface area contributed by atoms with Crippen LogP contribution in [-0.2, 0) is 17.7 Å². The summed E-state index contributed by atoms with van der Waals surface area (Å²) < 4.78 is 7.90. The highest BCUT2D eigenvalue weighted by molar-refractivity contribution is 5.83. The van der Waals surface area contributed by atoms with E-state index in [2.05, 4.69) is 54.8 Å². The smallest absolute Gasteiger partial charge is 0.165 e. The Morgan fingerprint density at radius 2 is 1.86 bits per heavy atom. The molecular weight excluding hydrogens is 350 g/mol. The number of aromatic nitrogens is 4. The predicted octanol–water partition coefficient (Wildman–Crippen LogP) is 3.46. The molecule has 2 aromatic heterocycles. The van der Waals surface area contributed by atoms with Gasteiger partial charge in [0.05, 0.1) is 19.0 Å². The van der Waals surface area contributed by atoms with E-state index in [1.165, 1.54) is 24.8 Å². The molecule has 0 spiro atoms. The largest absolute Gasteiger partial charge is 0.376 e. The lowest BCUT2D eigenvalue weighted by molar-refractivity contribution is 0.0978. The van der Waals surface area contributed by atoms with Gasteiger partial charge in [-0.2, -0.15) is 0 Å². The molecule has 5 rings (SSSR count). The summed E-state index contributed by atoms with van der Waals surface area (Å²) in [5.74, 6) is 1.72. The summed E-state index contributed by atoms with van der Waals surface area (Å²) in [5, 5.41) is 0. The summed E-state index contributed by atoms with van der Waals surface area (Å²) in [6, 6.07) is 10.8. The summed E-state index contributed by atoms with van der Waals surface area (Å²) >= 11 is 0. The van der Waals surface area contributed by atoms with Crippen molar-refractivity contribution in [1.29, 1.82) is 0 Å². The first-order valence-electron chi connectivity index (χ1n) is 10.4. The molecule has 2 saturated heterocycles. The molecule has 0 bridgehead atoms. The molecule has 0 N–H and O–H groups in total. The van der Waals surface area contributed by atoms with Crippen molar-refractivity contribution >= 4 is 17.0 Å². The molecule has 1 unspecified atom stereocenters. The number of hydrogen-bond donors (Lipinski definition) is 0. The Bertz CT molecular complexity index is 911. The fourth-order valence-electron chi connectivity index (χ4n) is 4.54. The van der Waals surface area contributed by atoms with E-state index in [0.29, 0.717) is 0 Å². The quantitative estimate of drug-likeness (QED) is 0.681. The van der Waals surface area contributed by atoms with Crippen molar-refractivity contribution in [3.8, 4) is 0 Å². The van der Waals surface area contributed by atoms with Gasteiger partial charge in [-0.15, -0.1) is 0 Å². The average Bonchev–Trinajstić information content (AvgIpc) is 3.40. The third kappa shape index (κ3) is 3.61. The van der Waals surface area contributed by atoms with Gasteiger partial charge in [-0.05, 0) is 43.6 Å². The molecule has 4 heterocycles. The zero-order valence-corrected chi connectivity index (χ0v) is 16.2. The molecule has 2 fully saturated rings. The summed E-state index contributed by atoms with van der Waals surface area (Å²) in [6.07, 6.45) is 9.68. The monoisotopic (exact) mass is 377 g/mol. The van der Waals surface area contributed by atoms with Gasteiger partial charge in [0.25, 0.3) is 0 Å². The van der Waals surface area contributed by atoms with Crippen molar-refractivity contribution in [3.63, 3.8) is 0 Å². The van der Waals surface area contributed by atoms with E-state index in [-0.39, 0.29) is 6.10 Å². The van der Waals surface area contributed by atoms with Gasteiger partial charge in [-0.3, -0.25) is 0 Å². The number of imidazole rings is 1. The van der Waals surface area contributed by atoms with Crippen LogP contribution in [0.25, 0.3) is 11.2 Å². The van der Waals surface area contributed by atoms with Gasteiger partial charge < -0.3 is 14.2 Å². The number of rotatable bonds is 5. The first kappa shape index (κ1) is 17.6. The molecule has 1 atom stereocenters. The average molecular weight is 377 g/mol. The lowest BCUT2D eigenvalue weighted by Crippen LogP contribution is -2.35.